The average molecular weight is 379 g/mol. The van der Waals surface area contributed by atoms with Gasteiger partial charge >= 0.3 is 0 Å². The van der Waals surface area contributed by atoms with Crippen molar-refractivity contribution in [2.75, 3.05) is 18.4 Å². The van der Waals surface area contributed by atoms with Crippen LogP contribution in [-0.2, 0) is 4.79 Å². The topological polar surface area (TPSA) is 32.3 Å². The fourth-order valence-electron chi connectivity index (χ4n) is 3.87. The van der Waals surface area contributed by atoms with Gasteiger partial charge in [-0.2, -0.15) is 0 Å². The molecular formula is C19H27BrN2O. The second-order valence-corrected chi connectivity index (χ2v) is 7.91. The van der Waals surface area contributed by atoms with Gasteiger partial charge in [-0.1, -0.05) is 47.7 Å². The summed E-state index contributed by atoms with van der Waals surface area (Å²) in [4.78, 5) is 14.4. The number of benzene rings is 1. The fraction of sp³-hybridized carbons (Fsp3) is 0.632. The van der Waals surface area contributed by atoms with E-state index in [0.29, 0.717) is 11.9 Å². The van der Waals surface area contributed by atoms with E-state index in [9.17, 15) is 4.79 Å². The molecule has 1 aliphatic carbocycles. The first kappa shape index (κ1) is 16.8. The maximum absolute atomic E-state index is 12.4. The molecule has 1 heterocycles. The van der Waals surface area contributed by atoms with E-state index >= 15 is 0 Å². The lowest BCUT2D eigenvalue weighted by Gasteiger charge is -2.33. The Morgan fingerprint density at radius 1 is 1.17 bits per heavy atom. The first-order valence-electron chi connectivity index (χ1n) is 9.00. The lowest BCUT2D eigenvalue weighted by molar-refractivity contribution is -0.132. The van der Waals surface area contributed by atoms with Crippen LogP contribution in [0.25, 0.3) is 0 Å². The van der Waals surface area contributed by atoms with Gasteiger partial charge in [0.1, 0.15) is 0 Å². The highest BCUT2D eigenvalue weighted by Crippen LogP contribution is 2.29. The lowest BCUT2D eigenvalue weighted by atomic mass is 10.00. The van der Waals surface area contributed by atoms with Gasteiger partial charge in [-0.3, -0.25) is 4.79 Å². The number of halogens is 1. The van der Waals surface area contributed by atoms with Crippen LogP contribution in [0.1, 0.15) is 51.4 Å². The standard InChI is InChI=1S/C19H27BrN2O/c20-16-6-3-7-18(14-16)21-17-10-12-22(13-11-17)19(23)9-8-15-4-1-2-5-15/h3,6-7,14-15,17,21H,1-2,4-5,8-13H2. The Bertz CT molecular complexity index is 520. The molecule has 1 amide bonds. The Balaban J connectivity index is 1.40. The summed E-state index contributed by atoms with van der Waals surface area (Å²) in [5, 5.41) is 3.59. The summed E-state index contributed by atoms with van der Waals surface area (Å²) in [5.41, 5.74) is 1.16. The number of amides is 1. The molecule has 126 valence electrons. The van der Waals surface area contributed by atoms with Crippen molar-refractivity contribution in [3.63, 3.8) is 0 Å². The summed E-state index contributed by atoms with van der Waals surface area (Å²) >= 11 is 3.51. The van der Waals surface area contributed by atoms with Gasteiger partial charge in [0.2, 0.25) is 5.91 Å². The molecule has 0 atom stereocenters. The molecule has 0 bridgehead atoms. The lowest BCUT2D eigenvalue weighted by Crippen LogP contribution is -2.42. The predicted molar refractivity (Wildman–Crippen MR) is 98.6 cm³/mol. The highest BCUT2D eigenvalue weighted by Gasteiger charge is 2.24. The van der Waals surface area contributed by atoms with Crippen LogP contribution in [0.2, 0.25) is 0 Å². The van der Waals surface area contributed by atoms with Crippen LogP contribution >= 0.6 is 15.9 Å². The Kier molecular flexibility index (Phi) is 5.98. The van der Waals surface area contributed by atoms with E-state index < -0.39 is 0 Å². The molecule has 0 unspecified atom stereocenters. The maximum atomic E-state index is 12.4. The third kappa shape index (κ3) is 4.97. The second kappa shape index (κ2) is 8.18. The molecule has 1 aromatic rings. The minimum Gasteiger partial charge on any atom is -0.382 e. The molecular weight excluding hydrogens is 352 g/mol. The fourth-order valence-corrected chi connectivity index (χ4v) is 4.27. The Morgan fingerprint density at radius 3 is 2.61 bits per heavy atom. The highest BCUT2D eigenvalue weighted by atomic mass is 79.9. The predicted octanol–water partition coefficient (Wildman–Crippen LogP) is 4.82. The summed E-state index contributed by atoms with van der Waals surface area (Å²) in [6.45, 7) is 1.80. The largest absolute Gasteiger partial charge is 0.382 e. The van der Waals surface area contributed by atoms with Crippen molar-refractivity contribution in [2.45, 2.75) is 57.4 Å². The average Bonchev–Trinajstić information content (AvgIpc) is 3.07. The zero-order valence-corrected chi connectivity index (χ0v) is 15.4. The zero-order chi connectivity index (χ0) is 16.1. The van der Waals surface area contributed by atoms with Crippen LogP contribution in [0.3, 0.4) is 0 Å². The monoisotopic (exact) mass is 378 g/mol. The Labute approximate surface area is 148 Å². The van der Waals surface area contributed by atoms with Gasteiger partial charge in [0.05, 0.1) is 0 Å². The number of piperidine rings is 1. The van der Waals surface area contributed by atoms with Gasteiger partial charge in [-0.15, -0.1) is 0 Å². The molecule has 2 aliphatic rings. The quantitative estimate of drug-likeness (QED) is 0.795. The number of nitrogens with zero attached hydrogens (tertiary/aromatic N) is 1. The number of carbonyl (C=O) groups is 1. The molecule has 1 saturated carbocycles. The van der Waals surface area contributed by atoms with E-state index in [0.717, 1.165) is 54.9 Å². The first-order valence-corrected chi connectivity index (χ1v) is 9.80. The van der Waals surface area contributed by atoms with E-state index in [1.807, 2.05) is 12.1 Å². The number of hydrogen-bond acceptors (Lipinski definition) is 2. The van der Waals surface area contributed by atoms with E-state index in [-0.39, 0.29) is 0 Å². The van der Waals surface area contributed by atoms with Crippen molar-refractivity contribution in [2.24, 2.45) is 5.92 Å². The van der Waals surface area contributed by atoms with Crippen molar-refractivity contribution in [1.82, 2.24) is 4.90 Å². The van der Waals surface area contributed by atoms with Crippen molar-refractivity contribution in [3.8, 4) is 0 Å². The van der Waals surface area contributed by atoms with Crippen molar-refractivity contribution >= 4 is 27.5 Å². The number of carbonyl (C=O) groups excluding carboxylic acids is 1. The van der Waals surface area contributed by atoms with Crippen LogP contribution in [-0.4, -0.2) is 29.9 Å². The first-order chi connectivity index (χ1) is 11.2. The molecule has 1 aromatic carbocycles. The minimum atomic E-state index is 0.373. The normalized spacial score (nSPS) is 20.0. The smallest absolute Gasteiger partial charge is 0.222 e. The van der Waals surface area contributed by atoms with Gasteiger partial charge in [-0.05, 0) is 43.4 Å². The molecule has 3 rings (SSSR count). The van der Waals surface area contributed by atoms with E-state index in [1.165, 1.54) is 25.7 Å². The summed E-state index contributed by atoms with van der Waals surface area (Å²) in [5.74, 6) is 1.19. The molecule has 3 nitrogen and oxygen atoms in total. The third-order valence-electron chi connectivity index (χ3n) is 5.28. The molecule has 1 saturated heterocycles. The van der Waals surface area contributed by atoms with Crippen molar-refractivity contribution in [1.29, 1.82) is 0 Å². The Morgan fingerprint density at radius 2 is 1.91 bits per heavy atom. The number of likely N-dealkylation sites (tertiary alicyclic amines) is 1. The van der Waals surface area contributed by atoms with Crippen molar-refractivity contribution < 1.29 is 4.79 Å². The molecule has 23 heavy (non-hydrogen) atoms. The van der Waals surface area contributed by atoms with Gasteiger partial charge in [0, 0.05) is 35.7 Å². The SMILES string of the molecule is O=C(CCC1CCCC1)N1CCC(Nc2cccc(Br)c2)CC1. The van der Waals surface area contributed by atoms with Crippen LogP contribution in [0.15, 0.2) is 28.7 Å². The summed E-state index contributed by atoms with van der Waals surface area (Å²) in [6, 6.07) is 8.77. The maximum Gasteiger partial charge on any atom is 0.222 e. The van der Waals surface area contributed by atoms with Gasteiger partial charge in [-0.25, -0.2) is 0 Å². The molecule has 0 aromatic heterocycles. The van der Waals surface area contributed by atoms with Crippen LogP contribution < -0.4 is 5.32 Å². The second-order valence-electron chi connectivity index (χ2n) is 7.00. The number of hydrogen-bond donors (Lipinski definition) is 1. The van der Waals surface area contributed by atoms with Crippen LogP contribution in [0.5, 0.6) is 0 Å². The number of nitrogens with one attached hydrogen (secondary N) is 1. The van der Waals surface area contributed by atoms with Gasteiger partial charge in [0.25, 0.3) is 0 Å². The van der Waals surface area contributed by atoms with Crippen LogP contribution in [0, 0.1) is 5.92 Å². The van der Waals surface area contributed by atoms with Crippen molar-refractivity contribution in [3.05, 3.63) is 28.7 Å². The van der Waals surface area contributed by atoms with E-state index in [1.54, 1.807) is 0 Å². The highest BCUT2D eigenvalue weighted by molar-refractivity contribution is 9.10. The van der Waals surface area contributed by atoms with Gasteiger partial charge < -0.3 is 10.2 Å². The number of anilines is 1. The summed E-state index contributed by atoms with van der Waals surface area (Å²) < 4.78 is 1.10. The molecule has 1 aliphatic heterocycles. The molecule has 0 spiro atoms. The van der Waals surface area contributed by atoms with Gasteiger partial charge in [0.15, 0.2) is 0 Å². The van der Waals surface area contributed by atoms with E-state index in [2.05, 4.69) is 38.3 Å². The molecule has 0 radical (unpaired) electrons. The third-order valence-corrected chi connectivity index (χ3v) is 5.78. The summed E-state index contributed by atoms with van der Waals surface area (Å²) in [6.07, 6.45) is 9.36. The Hall–Kier alpha value is -1.03. The number of rotatable bonds is 5. The summed E-state index contributed by atoms with van der Waals surface area (Å²) in [7, 11) is 0. The van der Waals surface area contributed by atoms with E-state index in [4.69, 9.17) is 0 Å². The molecule has 2 fully saturated rings. The zero-order valence-electron chi connectivity index (χ0n) is 13.8. The molecule has 4 heteroatoms. The van der Waals surface area contributed by atoms with Crippen LogP contribution in [0.4, 0.5) is 5.69 Å². The molecule has 1 N–H and O–H groups in total. The minimum absolute atomic E-state index is 0.373.